The maximum atomic E-state index is 12.8. The van der Waals surface area contributed by atoms with Crippen molar-refractivity contribution in [1.29, 1.82) is 0 Å². The van der Waals surface area contributed by atoms with Crippen LogP contribution in [-0.4, -0.2) is 49.3 Å². The molecule has 0 radical (unpaired) electrons. The summed E-state index contributed by atoms with van der Waals surface area (Å²) in [6.45, 7) is 3.52. The number of esters is 2. The molecule has 0 amide bonds. The van der Waals surface area contributed by atoms with Crippen molar-refractivity contribution in [2.24, 2.45) is 5.73 Å². The molecule has 584 valence electrons. The Morgan fingerprint density at radius 3 is 0.748 bits per heavy atom. The lowest BCUT2D eigenvalue weighted by atomic mass is 10.0. The van der Waals surface area contributed by atoms with Crippen LogP contribution in [0.4, 0.5) is 0 Å². The molecule has 0 aliphatic carbocycles. The van der Waals surface area contributed by atoms with E-state index < -0.39 is 26.5 Å². The van der Waals surface area contributed by atoms with Gasteiger partial charge >= 0.3 is 19.8 Å². The average molecular weight is 1450 g/mol. The molecule has 0 aromatic heterocycles. The van der Waals surface area contributed by atoms with Crippen molar-refractivity contribution in [1.82, 2.24) is 0 Å². The highest BCUT2D eigenvalue weighted by Crippen LogP contribution is 2.43. The Kier molecular flexibility index (Phi) is 81.5. The lowest BCUT2D eigenvalue weighted by Gasteiger charge is -2.19. The number of rotatable bonds is 77. The minimum atomic E-state index is -4.41. The summed E-state index contributed by atoms with van der Waals surface area (Å²) in [6, 6.07) is 0. The molecule has 0 bridgehead atoms. The Labute approximate surface area is 634 Å². The molecule has 103 heavy (non-hydrogen) atoms. The third-order valence-electron chi connectivity index (χ3n) is 17.5. The summed E-state index contributed by atoms with van der Waals surface area (Å²) >= 11 is 0. The largest absolute Gasteiger partial charge is 0.472 e. The van der Waals surface area contributed by atoms with Gasteiger partial charge in [-0.1, -0.05) is 388 Å². The van der Waals surface area contributed by atoms with Gasteiger partial charge in [0, 0.05) is 19.4 Å². The fraction of sp³-hybridized carbons (Fsp3) is 0.634. The molecule has 0 aromatic carbocycles. The fourth-order valence-electron chi connectivity index (χ4n) is 11.4. The molecule has 0 heterocycles. The third kappa shape index (κ3) is 85.7. The summed E-state index contributed by atoms with van der Waals surface area (Å²) in [5, 5.41) is 0. The molecule has 0 saturated heterocycles. The van der Waals surface area contributed by atoms with Crippen molar-refractivity contribution >= 4 is 19.8 Å². The van der Waals surface area contributed by atoms with E-state index in [4.69, 9.17) is 24.3 Å². The number of carbonyl (C=O) groups is 2. The van der Waals surface area contributed by atoms with E-state index in [1.807, 2.05) is 0 Å². The Balaban J connectivity index is 3.87. The second kappa shape index (κ2) is 85.8. The van der Waals surface area contributed by atoms with Crippen LogP contribution in [0.3, 0.4) is 0 Å². The summed E-state index contributed by atoms with van der Waals surface area (Å²) < 4.78 is 33.3. The maximum Gasteiger partial charge on any atom is 0.472 e. The van der Waals surface area contributed by atoms with Crippen LogP contribution in [0, 0.1) is 0 Å². The molecular formula is C93H154NO8P. The first-order chi connectivity index (χ1) is 50.8. The molecule has 0 fully saturated rings. The second-order valence-corrected chi connectivity index (χ2v) is 28.7. The van der Waals surface area contributed by atoms with Crippen LogP contribution in [0.25, 0.3) is 0 Å². The van der Waals surface area contributed by atoms with Crippen molar-refractivity contribution in [3.05, 3.63) is 194 Å². The van der Waals surface area contributed by atoms with E-state index >= 15 is 0 Å². The Morgan fingerprint density at radius 2 is 0.505 bits per heavy atom. The third-order valence-corrected chi connectivity index (χ3v) is 18.5. The van der Waals surface area contributed by atoms with E-state index in [0.717, 1.165) is 154 Å². The van der Waals surface area contributed by atoms with Crippen LogP contribution in [-0.2, 0) is 32.7 Å². The fourth-order valence-corrected chi connectivity index (χ4v) is 12.1. The molecule has 0 aliphatic rings. The van der Waals surface area contributed by atoms with Crippen LogP contribution in [0.5, 0.6) is 0 Å². The van der Waals surface area contributed by atoms with E-state index in [0.29, 0.717) is 6.42 Å². The van der Waals surface area contributed by atoms with Crippen molar-refractivity contribution in [2.45, 2.75) is 354 Å². The van der Waals surface area contributed by atoms with Gasteiger partial charge in [-0.05, 0) is 141 Å². The highest BCUT2D eigenvalue weighted by molar-refractivity contribution is 7.47. The zero-order valence-electron chi connectivity index (χ0n) is 66.0. The van der Waals surface area contributed by atoms with E-state index in [1.165, 1.54) is 161 Å². The molecule has 0 aliphatic heterocycles. The van der Waals surface area contributed by atoms with Crippen LogP contribution < -0.4 is 5.73 Å². The van der Waals surface area contributed by atoms with Gasteiger partial charge in [-0.2, -0.15) is 0 Å². The number of allylic oxidation sites excluding steroid dienone is 32. The van der Waals surface area contributed by atoms with Gasteiger partial charge in [0.2, 0.25) is 0 Å². The quantitative estimate of drug-likeness (QED) is 0.0264. The van der Waals surface area contributed by atoms with Crippen molar-refractivity contribution in [2.75, 3.05) is 26.4 Å². The van der Waals surface area contributed by atoms with Crippen LogP contribution >= 0.6 is 7.82 Å². The van der Waals surface area contributed by atoms with Crippen molar-refractivity contribution in [3.8, 4) is 0 Å². The summed E-state index contributed by atoms with van der Waals surface area (Å²) in [5.41, 5.74) is 5.42. The van der Waals surface area contributed by atoms with Gasteiger partial charge in [0.15, 0.2) is 6.10 Å². The van der Waals surface area contributed by atoms with Gasteiger partial charge < -0.3 is 20.1 Å². The Hall–Kier alpha value is -5.15. The zero-order chi connectivity index (χ0) is 74.3. The normalized spacial score (nSPS) is 13.9. The van der Waals surface area contributed by atoms with E-state index in [2.05, 4.69) is 208 Å². The first kappa shape index (κ1) is 97.8. The van der Waals surface area contributed by atoms with Gasteiger partial charge in [-0.15, -0.1) is 0 Å². The monoisotopic (exact) mass is 1440 g/mol. The van der Waals surface area contributed by atoms with Gasteiger partial charge in [0.1, 0.15) is 6.61 Å². The number of phosphoric ester groups is 1. The first-order valence-electron chi connectivity index (χ1n) is 41.9. The Bertz CT molecular complexity index is 2410. The highest BCUT2D eigenvalue weighted by atomic mass is 31.2. The Morgan fingerprint density at radius 1 is 0.291 bits per heavy atom. The van der Waals surface area contributed by atoms with Gasteiger partial charge in [0.25, 0.3) is 0 Å². The predicted molar refractivity (Wildman–Crippen MR) is 449 cm³/mol. The molecule has 0 saturated carbocycles. The van der Waals surface area contributed by atoms with Crippen LogP contribution in [0.1, 0.15) is 348 Å². The molecule has 0 spiro atoms. The second-order valence-electron chi connectivity index (χ2n) is 27.2. The standard InChI is InChI=1S/C93H154NO8P/c1-3-5-7-9-11-13-15-17-19-21-23-25-27-29-31-33-35-37-39-41-43-45-47-49-51-53-55-57-59-61-63-65-67-69-71-73-75-77-79-81-83-85-92(95)99-89-91(90-101-103(97,98)100-88-87-94)102-93(96)86-84-82-80-78-76-74-72-70-68-66-64-62-60-58-56-54-52-50-48-46-44-42-40-38-36-34-32-30-28-26-24-22-20-18-16-14-12-10-8-6-4-2/h5-8,11-14,17-20,23-26,29-32,36,38,42,44,48,50,54,56,60,62,66,68,91H,3-4,9-10,15-16,21-22,27-28,33-35,37,39-41,43,45-47,49,51-53,55,57-59,61,63-65,67,69-90,94H2,1-2H3,(H,97,98)/b7-5-,8-6-,13-11-,14-12-,19-17-,20-18-,25-23-,26-24-,31-29-,32-30-,38-36-,44-42-,50-48-,56-54-,62-60-,68-66-. The minimum absolute atomic E-state index is 0.0445. The molecule has 10 heteroatoms. The van der Waals surface area contributed by atoms with Gasteiger partial charge in [0.05, 0.1) is 13.2 Å². The number of carbonyl (C=O) groups excluding carboxylic acids is 2. The van der Waals surface area contributed by atoms with Crippen molar-refractivity contribution < 1.29 is 37.6 Å². The van der Waals surface area contributed by atoms with E-state index in [9.17, 15) is 19.0 Å². The van der Waals surface area contributed by atoms with Gasteiger partial charge in [-0.3, -0.25) is 18.6 Å². The lowest BCUT2D eigenvalue weighted by molar-refractivity contribution is -0.161. The number of phosphoric acid groups is 1. The van der Waals surface area contributed by atoms with Gasteiger partial charge in [-0.25, -0.2) is 4.57 Å². The average Bonchev–Trinajstić information content (AvgIpc) is 0.970. The van der Waals surface area contributed by atoms with Crippen molar-refractivity contribution in [3.63, 3.8) is 0 Å². The highest BCUT2D eigenvalue weighted by Gasteiger charge is 2.26. The summed E-state index contributed by atoms with van der Waals surface area (Å²) in [6.07, 6.45) is 130. The van der Waals surface area contributed by atoms with E-state index in [-0.39, 0.29) is 38.6 Å². The molecule has 0 aromatic rings. The molecule has 2 unspecified atom stereocenters. The smallest absolute Gasteiger partial charge is 0.462 e. The topological polar surface area (TPSA) is 134 Å². The number of hydrogen-bond acceptors (Lipinski definition) is 8. The number of nitrogens with two attached hydrogens (primary N) is 1. The maximum absolute atomic E-state index is 12.8. The number of ether oxygens (including phenoxy) is 2. The summed E-state index contributed by atoms with van der Waals surface area (Å²) in [4.78, 5) is 35.5. The zero-order valence-corrected chi connectivity index (χ0v) is 66.9. The number of hydrogen-bond donors (Lipinski definition) is 2. The van der Waals surface area contributed by atoms with E-state index in [1.54, 1.807) is 0 Å². The molecule has 9 nitrogen and oxygen atoms in total. The summed E-state index contributed by atoms with van der Waals surface area (Å²) in [7, 11) is -4.41. The predicted octanol–water partition coefficient (Wildman–Crippen LogP) is 28.8. The summed E-state index contributed by atoms with van der Waals surface area (Å²) in [5.74, 6) is -0.839. The lowest BCUT2D eigenvalue weighted by Crippen LogP contribution is -2.29. The first-order valence-corrected chi connectivity index (χ1v) is 43.4. The SMILES string of the molecule is CC/C=C\C/C=C\C/C=C\C/C=C\C/C=C\C/C=C\C/C=C\C/C=C\C/C=C\C/C=C\C/C=C\CCCCCCCCCC(=O)OC(COC(=O)CCCCCCCCCCCCCCCCCCCCCCCCCCC/C=C\C/C=C\C/C=C\C/C=C\C/C=C\CC)COP(=O)(O)OCCN. The molecule has 0 rings (SSSR count). The molecule has 3 N–H and O–H groups in total. The van der Waals surface area contributed by atoms with Crippen LogP contribution in [0.15, 0.2) is 194 Å². The minimum Gasteiger partial charge on any atom is -0.462 e. The molecule has 2 atom stereocenters. The molecular weight excluding hydrogens is 1290 g/mol. The number of unbranched alkanes of at least 4 members (excludes halogenated alkanes) is 32. The van der Waals surface area contributed by atoms with Crippen LogP contribution in [0.2, 0.25) is 0 Å².